The molecule has 1 aromatic rings. The van der Waals surface area contributed by atoms with Gasteiger partial charge in [0.2, 0.25) is 0 Å². The van der Waals surface area contributed by atoms with E-state index >= 15 is 0 Å². The second kappa shape index (κ2) is 7.04. The largest absolute Gasteiger partial charge is 0.318 e. The van der Waals surface area contributed by atoms with Crippen molar-refractivity contribution in [1.29, 1.82) is 0 Å². The Kier molecular flexibility index (Phi) is 5.59. The van der Waals surface area contributed by atoms with Gasteiger partial charge in [0.05, 0.1) is 0 Å². The van der Waals surface area contributed by atoms with Gasteiger partial charge in [-0.15, -0.1) is 0 Å². The van der Waals surface area contributed by atoms with Gasteiger partial charge in [-0.05, 0) is 54.4 Å². The monoisotopic (exact) mass is 376 g/mol. The van der Waals surface area contributed by atoms with E-state index in [1.165, 1.54) is 0 Å². The summed E-state index contributed by atoms with van der Waals surface area (Å²) in [7, 11) is -1.74. The fourth-order valence-electron chi connectivity index (χ4n) is 2.56. The smallest absolute Gasteiger partial charge is 0.303 e. The SMILES string of the molecule is CNCC1CCCCN1S(=O)(=O)Nc1ncc(Br)cc1C. The molecule has 0 spiro atoms. The average Bonchev–Trinajstić information content (AvgIpc) is 2.43. The lowest BCUT2D eigenvalue weighted by atomic mass is 10.1. The molecule has 1 fully saturated rings. The number of aryl methyl sites for hydroxylation is 1. The lowest BCUT2D eigenvalue weighted by Gasteiger charge is -2.34. The maximum Gasteiger partial charge on any atom is 0.303 e. The van der Waals surface area contributed by atoms with Crippen LogP contribution < -0.4 is 10.0 Å². The van der Waals surface area contributed by atoms with Crippen LogP contribution in [0.25, 0.3) is 0 Å². The third-order valence-corrected chi connectivity index (χ3v) is 5.58. The summed E-state index contributed by atoms with van der Waals surface area (Å²) in [5, 5.41) is 3.07. The van der Waals surface area contributed by atoms with Gasteiger partial charge in [0.15, 0.2) is 0 Å². The molecule has 2 N–H and O–H groups in total. The van der Waals surface area contributed by atoms with Crippen molar-refractivity contribution in [3.8, 4) is 0 Å². The molecule has 0 bridgehead atoms. The number of nitrogens with one attached hydrogen (secondary N) is 2. The highest BCUT2D eigenvalue weighted by molar-refractivity contribution is 9.10. The number of hydrogen-bond donors (Lipinski definition) is 2. The number of aromatic nitrogens is 1. The van der Waals surface area contributed by atoms with Crippen LogP contribution >= 0.6 is 15.9 Å². The molecule has 0 amide bonds. The van der Waals surface area contributed by atoms with Crippen molar-refractivity contribution in [3.63, 3.8) is 0 Å². The molecule has 1 aliphatic heterocycles. The summed E-state index contributed by atoms with van der Waals surface area (Å²) in [5.74, 6) is 0.381. The maximum absolute atomic E-state index is 12.6. The molecule has 2 heterocycles. The summed E-state index contributed by atoms with van der Waals surface area (Å²) < 4.78 is 30.2. The summed E-state index contributed by atoms with van der Waals surface area (Å²) >= 11 is 3.32. The zero-order valence-electron chi connectivity index (χ0n) is 12.3. The van der Waals surface area contributed by atoms with E-state index in [1.54, 1.807) is 10.5 Å². The van der Waals surface area contributed by atoms with Crippen LogP contribution in [0.3, 0.4) is 0 Å². The number of nitrogens with zero attached hydrogens (tertiary/aromatic N) is 2. The summed E-state index contributed by atoms with van der Waals surface area (Å²) in [5.41, 5.74) is 0.787. The minimum absolute atomic E-state index is 0.00277. The molecule has 21 heavy (non-hydrogen) atoms. The van der Waals surface area contributed by atoms with Crippen molar-refractivity contribution in [2.75, 3.05) is 24.9 Å². The number of likely N-dealkylation sites (N-methyl/N-ethyl adjacent to an activating group) is 1. The molecule has 6 nitrogen and oxygen atoms in total. The first-order valence-corrected chi connectivity index (χ1v) is 9.23. The molecular weight excluding hydrogens is 356 g/mol. The maximum atomic E-state index is 12.6. The van der Waals surface area contributed by atoms with Gasteiger partial charge >= 0.3 is 10.2 Å². The second-order valence-electron chi connectivity index (χ2n) is 5.24. The molecule has 1 aliphatic rings. The highest BCUT2D eigenvalue weighted by Gasteiger charge is 2.32. The number of hydrogen-bond acceptors (Lipinski definition) is 4. The Morgan fingerprint density at radius 1 is 1.48 bits per heavy atom. The Balaban J connectivity index is 2.20. The summed E-state index contributed by atoms with van der Waals surface area (Å²) in [6.07, 6.45) is 4.43. The lowest BCUT2D eigenvalue weighted by molar-refractivity contribution is 0.250. The van der Waals surface area contributed by atoms with Crippen molar-refractivity contribution < 1.29 is 8.42 Å². The number of piperidine rings is 1. The van der Waals surface area contributed by atoms with Crippen LogP contribution in [0.15, 0.2) is 16.7 Å². The molecule has 118 valence electrons. The van der Waals surface area contributed by atoms with Crippen molar-refractivity contribution >= 4 is 32.0 Å². The summed E-state index contributed by atoms with van der Waals surface area (Å²) in [6.45, 7) is 3.04. The summed E-state index contributed by atoms with van der Waals surface area (Å²) in [4.78, 5) is 4.15. The molecule has 2 rings (SSSR count). The van der Waals surface area contributed by atoms with E-state index in [-0.39, 0.29) is 6.04 Å². The second-order valence-corrected chi connectivity index (χ2v) is 7.78. The molecule has 0 aromatic carbocycles. The average molecular weight is 377 g/mol. The van der Waals surface area contributed by atoms with Crippen LogP contribution in [0.4, 0.5) is 5.82 Å². The summed E-state index contributed by atoms with van der Waals surface area (Å²) in [6, 6.07) is 1.84. The fraction of sp³-hybridized carbons (Fsp3) is 0.615. The number of anilines is 1. The van der Waals surface area contributed by atoms with E-state index in [9.17, 15) is 8.42 Å². The van der Waals surface area contributed by atoms with E-state index in [4.69, 9.17) is 0 Å². The molecule has 1 saturated heterocycles. The Bertz CT molecular complexity index is 592. The van der Waals surface area contributed by atoms with E-state index in [2.05, 4.69) is 31.0 Å². The predicted octanol–water partition coefficient (Wildman–Crippen LogP) is 1.88. The van der Waals surface area contributed by atoms with Crippen molar-refractivity contribution in [2.45, 2.75) is 32.2 Å². The zero-order valence-corrected chi connectivity index (χ0v) is 14.7. The van der Waals surface area contributed by atoms with Crippen LogP contribution in [0.5, 0.6) is 0 Å². The van der Waals surface area contributed by atoms with Gasteiger partial charge in [-0.1, -0.05) is 6.42 Å². The lowest BCUT2D eigenvalue weighted by Crippen LogP contribution is -2.50. The van der Waals surface area contributed by atoms with E-state index in [0.717, 1.165) is 29.3 Å². The fourth-order valence-corrected chi connectivity index (χ4v) is 4.52. The topological polar surface area (TPSA) is 74.3 Å². The molecule has 0 aliphatic carbocycles. The zero-order chi connectivity index (χ0) is 15.5. The van der Waals surface area contributed by atoms with Gasteiger partial charge < -0.3 is 5.32 Å². The molecule has 1 atom stereocenters. The minimum atomic E-state index is -3.58. The third kappa shape index (κ3) is 4.15. The predicted molar refractivity (Wildman–Crippen MR) is 87.5 cm³/mol. The van der Waals surface area contributed by atoms with Gasteiger partial charge in [0, 0.05) is 29.8 Å². The minimum Gasteiger partial charge on any atom is -0.318 e. The first-order valence-electron chi connectivity index (χ1n) is 7.00. The standard InChI is InChI=1S/C13H21BrN4O2S/c1-10-7-11(14)8-16-13(10)17-21(19,20)18-6-4-3-5-12(18)9-15-2/h7-8,12,15H,3-6,9H2,1-2H3,(H,16,17). The van der Waals surface area contributed by atoms with Gasteiger partial charge in [-0.3, -0.25) is 4.72 Å². The quantitative estimate of drug-likeness (QED) is 0.822. The van der Waals surface area contributed by atoms with Crippen molar-refractivity contribution in [1.82, 2.24) is 14.6 Å². The van der Waals surface area contributed by atoms with Crippen molar-refractivity contribution in [3.05, 3.63) is 22.3 Å². The molecule has 1 unspecified atom stereocenters. The van der Waals surface area contributed by atoms with Crippen LogP contribution in [-0.2, 0) is 10.2 Å². The normalized spacial score (nSPS) is 20.4. The highest BCUT2D eigenvalue weighted by atomic mass is 79.9. The van der Waals surface area contributed by atoms with E-state index < -0.39 is 10.2 Å². The molecular formula is C13H21BrN4O2S. The Morgan fingerprint density at radius 2 is 2.24 bits per heavy atom. The molecule has 0 radical (unpaired) electrons. The van der Waals surface area contributed by atoms with Gasteiger partial charge in [0.1, 0.15) is 5.82 Å². The Hall–Kier alpha value is -0.700. The number of halogens is 1. The Labute approximate surface area is 134 Å². The number of pyridine rings is 1. The van der Waals surface area contributed by atoms with Gasteiger partial charge in [0.25, 0.3) is 0 Å². The van der Waals surface area contributed by atoms with Crippen molar-refractivity contribution in [2.24, 2.45) is 0 Å². The van der Waals surface area contributed by atoms with Crippen LogP contribution in [0, 0.1) is 6.92 Å². The van der Waals surface area contributed by atoms with Gasteiger partial charge in [-0.25, -0.2) is 4.98 Å². The Morgan fingerprint density at radius 3 is 2.90 bits per heavy atom. The van der Waals surface area contributed by atoms with Gasteiger partial charge in [-0.2, -0.15) is 12.7 Å². The number of rotatable bonds is 5. The van der Waals surface area contributed by atoms with Crippen LogP contribution in [-0.4, -0.2) is 43.9 Å². The molecule has 8 heteroatoms. The molecule has 0 saturated carbocycles. The highest BCUT2D eigenvalue weighted by Crippen LogP contribution is 2.23. The first-order chi connectivity index (χ1) is 9.94. The third-order valence-electron chi connectivity index (χ3n) is 3.59. The molecule has 1 aromatic heterocycles. The van der Waals surface area contributed by atoms with Crippen LogP contribution in [0.1, 0.15) is 24.8 Å². The van der Waals surface area contributed by atoms with Crippen LogP contribution in [0.2, 0.25) is 0 Å². The first kappa shape index (κ1) is 16.7. The van der Waals surface area contributed by atoms with E-state index in [1.807, 2.05) is 20.0 Å². The van der Waals surface area contributed by atoms with E-state index in [0.29, 0.717) is 18.9 Å².